The second-order valence-corrected chi connectivity index (χ2v) is 6.91. The minimum absolute atomic E-state index is 0.00711. The van der Waals surface area contributed by atoms with E-state index in [1.165, 1.54) is 6.07 Å². The van der Waals surface area contributed by atoms with Crippen LogP contribution in [0.25, 0.3) is 11.1 Å². The summed E-state index contributed by atoms with van der Waals surface area (Å²) in [6.45, 7) is 6.68. The van der Waals surface area contributed by atoms with Crippen LogP contribution in [0.15, 0.2) is 24.3 Å². The van der Waals surface area contributed by atoms with Gasteiger partial charge in [-0.3, -0.25) is 4.79 Å². The van der Waals surface area contributed by atoms with Gasteiger partial charge in [-0.2, -0.15) is 0 Å². The minimum Gasteiger partial charge on any atom is -0.507 e. The third kappa shape index (κ3) is 4.17. The van der Waals surface area contributed by atoms with E-state index in [0.29, 0.717) is 27.8 Å². The lowest BCUT2D eigenvalue weighted by Gasteiger charge is -2.21. The summed E-state index contributed by atoms with van der Waals surface area (Å²) in [7, 11) is 0. The number of rotatable bonds is 5. The highest BCUT2D eigenvalue weighted by Gasteiger charge is 2.21. The van der Waals surface area contributed by atoms with Crippen molar-refractivity contribution in [2.45, 2.75) is 46.1 Å². The molecule has 0 aromatic heterocycles. The number of aliphatic carboxylic acids is 1. The van der Waals surface area contributed by atoms with Crippen molar-refractivity contribution in [3.05, 3.63) is 52.3 Å². The molecule has 2 aromatic rings. The molecule has 3 N–H and O–H groups in total. The molecule has 4 nitrogen and oxygen atoms in total. The Labute approximate surface area is 146 Å². The van der Waals surface area contributed by atoms with Crippen molar-refractivity contribution < 1.29 is 24.5 Å². The van der Waals surface area contributed by atoms with Gasteiger partial charge in [-0.05, 0) is 80.1 Å². The highest BCUT2D eigenvalue weighted by Crippen LogP contribution is 2.37. The predicted octanol–water partition coefficient (Wildman–Crippen LogP) is 4.06. The Kier molecular flexibility index (Phi) is 5.18. The van der Waals surface area contributed by atoms with Crippen LogP contribution in [0.2, 0.25) is 0 Å². The standard InChI is InChI=1S/C20H23FO4/c1-11-8-15(20(3,4)25)10-16(22)18(11)14-7-12(2)19(21)13(9-14)5-6-17(23)24/h7-10,22,25H,5-6H2,1-4H3,(H,23,24). The van der Waals surface area contributed by atoms with Crippen LogP contribution in [0, 0.1) is 19.7 Å². The molecule has 0 aliphatic heterocycles. The topological polar surface area (TPSA) is 77.8 Å². The SMILES string of the molecule is Cc1cc(-c2c(C)cc(C(C)(C)O)cc2O)cc(CCC(=O)O)c1F. The first-order chi connectivity index (χ1) is 11.5. The van der Waals surface area contributed by atoms with Gasteiger partial charge in [0, 0.05) is 12.0 Å². The molecule has 0 atom stereocenters. The highest BCUT2D eigenvalue weighted by atomic mass is 19.1. The summed E-state index contributed by atoms with van der Waals surface area (Å²) >= 11 is 0. The van der Waals surface area contributed by atoms with E-state index < -0.39 is 17.4 Å². The number of hydrogen-bond donors (Lipinski definition) is 3. The van der Waals surface area contributed by atoms with Gasteiger partial charge < -0.3 is 15.3 Å². The molecule has 0 heterocycles. The van der Waals surface area contributed by atoms with E-state index in [9.17, 15) is 19.4 Å². The molecule has 0 saturated heterocycles. The van der Waals surface area contributed by atoms with Crippen LogP contribution in [-0.2, 0) is 16.8 Å². The average molecular weight is 346 g/mol. The van der Waals surface area contributed by atoms with E-state index in [2.05, 4.69) is 0 Å². The molecule has 0 amide bonds. The highest BCUT2D eigenvalue weighted by molar-refractivity contribution is 5.75. The first kappa shape index (κ1) is 18.9. The zero-order valence-corrected chi connectivity index (χ0v) is 14.9. The summed E-state index contributed by atoms with van der Waals surface area (Å²) in [6, 6.07) is 6.49. The first-order valence-corrected chi connectivity index (χ1v) is 8.08. The van der Waals surface area contributed by atoms with E-state index in [4.69, 9.17) is 5.11 Å². The largest absolute Gasteiger partial charge is 0.507 e. The summed E-state index contributed by atoms with van der Waals surface area (Å²) in [5, 5.41) is 29.4. The van der Waals surface area contributed by atoms with Crippen LogP contribution in [0.4, 0.5) is 4.39 Å². The Hall–Kier alpha value is -2.40. The Morgan fingerprint density at radius 2 is 1.76 bits per heavy atom. The maximum atomic E-state index is 14.3. The predicted molar refractivity (Wildman–Crippen MR) is 94.2 cm³/mol. The third-order valence-electron chi connectivity index (χ3n) is 4.25. The number of benzene rings is 2. The van der Waals surface area contributed by atoms with Crippen LogP contribution in [0.3, 0.4) is 0 Å². The van der Waals surface area contributed by atoms with Crippen molar-refractivity contribution in [2.75, 3.05) is 0 Å². The number of carboxylic acids is 1. The quantitative estimate of drug-likeness (QED) is 0.763. The van der Waals surface area contributed by atoms with Gasteiger partial charge >= 0.3 is 5.97 Å². The lowest BCUT2D eigenvalue weighted by molar-refractivity contribution is -0.136. The van der Waals surface area contributed by atoms with Gasteiger partial charge in [0.05, 0.1) is 5.60 Å². The zero-order valence-electron chi connectivity index (χ0n) is 14.9. The normalized spacial score (nSPS) is 11.6. The molecule has 25 heavy (non-hydrogen) atoms. The van der Waals surface area contributed by atoms with Crippen molar-refractivity contribution >= 4 is 5.97 Å². The van der Waals surface area contributed by atoms with Crippen molar-refractivity contribution in [3.63, 3.8) is 0 Å². The monoisotopic (exact) mass is 346 g/mol. The number of phenolic OH excluding ortho intramolecular Hbond substituents is 1. The number of carbonyl (C=O) groups is 1. The molecule has 0 unspecified atom stereocenters. The molecular weight excluding hydrogens is 323 g/mol. The van der Waals surface area contributed by atoms with E-state index >= 15 is 0 Å². The second kappa shape index (κ2) is 6.84. The molecule has 2 rings (SSSR count). The number of carboxylic acid groups (broad SMARTS) is 1. The fraction of sp³-hybridized carbons (Fsp3) is 0.350. The molecule has 2 aromatic carbocycles. The van der Waals surface area contributed by atoms with Crippen molar-refractivity contribution in [1.82, 2.24) is 0 Å². The van der Waals surface area contributed by atoms with Crippen molar-refractivity contribution in [3.8, 4) is 16.9 Å². The maximum Gasteiger partial charge on any atom is 0.303 e. The second-order valence-electron chi connectivity index (χ2n) is 6.91. The Bertz CT molecular complexity index is 796. The Morgan fingerprint density at radius 3 is 2.28 bits per heavy atom. The van der Waals surface area contributed by atoms with E-state index in [1.807, 2.05) is 0 Å². The van der Waals surface area contributed by atoms with Crippen LogP contribution in [-0.4, -0.2) is 21.3 Å². The fourth-order valence-electron chi connectivity index (χ4n) is 2.91. The van der Waals surface area contributed by atoms with Gasteiger partial charge in [0.2, 0.25) is 0 Å². The summed E-state index contributed by atoms with van der Waals surface area (Å²) in [5.41, 5.74) is 2.10. The lowest BCUT2D eigenvalue weighted by Crippen LogP contribution is -2.15. The van der Waals surface area contributed by atoms with Crippen LogP contribution in [0.1, 0.15) is 42.5 Å². The van der Waals surface area contributed by atoms with Crippen LogP contribution >= 0.6 is 0 Å². The average Bonchev–Trinajstić information content (AvgIpc) is 2.47. The number of hydrogen-bond acceptors (Lipinski definition) is 3. The molecular formula is C20H23FO4. The van der Waals surface area contributed by atoms with Gasteiger partial charge in [0.1, 0.15) is 11.6 Å². The van der Waals surface area contributed by atoms with E-state index in [-0.39, 0.29) is 18.6 Å². The minimum atomic E-state index is -1.09. The van der Waals surface area contributed by atoms with Gasteiger partial charge in [-0.25, -0.2) is 4.39 Å². The smallest absolute Gasteiger partial charge is 0.303 e. The number of halogens is 1. The molecule has 0 fully saturated rings. The Balaban J connectivity index is 2.57. The van der Waals surface area contributed by atoms with Gasteiger partial charge in [0.25, 0.3) is 0 Å². The Morgan fingerprint density at radius 1 is 1.12 bits per heavy atom. The number of aromatic hydroxyl groups is 1. The fourth-order valence-corrected chi connectivity index (χ4v) is 2.91. The molecule has 0 aliphatic rings. The molecule has 0 saturated carbocycles. The van der Waals surface area contributed by atoms with E-state index in [1.54, 1.807) is 45.9 Å². The van der Waals surface area contributed by atoms with Gasteiger partial charge in [-0.1, -0.05) is 6.07 Å². The molecule has 0 bridgehead atoms. The van der Waals surface area contributed by atoms with Crippen LogP contribution < -0.4 is 0 Å². The lowest BCUT2D eigenvalue weighted by atomic mass is 9.89. The third-order valence-corrected chi connectivity index (χ3v) is 4.25. The number of aliphatic hydroxyl groups is 1. The number of phenols is 1. The molecule has 0 radical (unpaired) electrons. The summed E-state index contributed by atoms with van der Waals surface area (Å²) in [6.07, 6.45) is -0.0835. The molecule has 134 valence electrons. The molecule has 0 spiro atoms. The molecule has 0 aliphatic carbocycles. The number of aryl methyl sites for hydroxylation is 3. The van der Waals surface area contributed by atoms with Gasteiger partial charge in [0.15, 0.2) is 0 Å². The molecule has 5 heteroatoms. The van der Waals surface area contributed by atoms with Gasteiger partial charge in [-0.15, -0.1) is 0 Å². The van der Waals surface area contributed by atoms with Crippen molar-refractivity contribution in [2.24, 2.45) is 0 Å². The first-order valence-electron chi connectivity index (χ1n) is 8.08. The summed E-state index contributed by atoms with van der Waals surface area (Å²) in [4.78, 5) is 10.8. The van der Waals surface area contributed by atoms with E-state index in [0.717, 1.165) is 5.56 Å². The van der Waals surface area contributed by atoms with Crippen LogP contribution in [0.5, 0.6) is 5.75 Å². The zero-order chi connectivity index (χ0) is 18.9. The summed E-state index contributed by atoms with van der Waals surface area (Å²) in [5.74, 6) is -1.42. The summed E-state index contributed by atoms with van der Waals surface area (Å²) < 4.78 is 14.3. The maximum absolute atomic E-state index is 14.3. The van der Waals surface area contributed by atoms with Crippen molar-refractivity contribution in [1.29, 1.82) is 0 Å².